The van der Waals surface area contributed by atoms with Crippen molar-refractivity contribution in [3.8, 4) is 0 Å². The summed E-state index contributed by atoms with van der Waals surface area (Å²) in [6.07, 6.45) is 3.74. The third-order valence-corrected chi connectivity index (χ3v) is 6.16. The summed E-state index contributed by atoms with van der Waals surface area (Å²) in [6.45, 7) is 7.21. The molecule has 160 valence electrons. The second-order valence-electron chi connectivity index (χ2n) is 8.18. The third-order valence-electron chi connectivity index (χ3n) is 6.16. The molecule has 2 fully saturated rings. The average molecular weight is 413 g/mol. The number of nitrogens with one attached hydrogen (secondary N) is 1. The normalized spacial score (nSPS) is 20.7. The molecule has 0 saturated carbocycles. The van der Waals surface area contributed by atoms with E-state index in [4.69, 9.17) is 0 Å². The molecule has 1 unspecified atom stereocenters. The minimum Gasteiger partial charge on any atom is -0.311 e. The number of carbonyl (C=O) groups excluding carboxylic acids is 2. The van der Waals surface area contributed by atoms with Crippen molar-refractivity contribution in [1.29, 1.82) is 0 Å². The van der Waals surface area contributed by atoms with E-state index >= 15 is 0 Å². The maximum Gasteiger partial charge on any atom is 0.230 e. The number of aromatic nitrogens is 2. The first kappa shape index (κ1) is 20.5. The van der Waals surface area contributed by atoms with Crippen molar-refractivity contribution in [2.24, 2.45) is 5.92 Å². The Balaban J connectivity index is 1.42. The number of halogens is 1. The number of piperidine rings is 1. The van der Waals surface area contributed by atoms with Gasteiger partial charge in [0, 0.05) is 32.1 Å². The highest BCUT2D eigenvalue weighted by Gasteiger charge is 2.36. The van der Waals surface area contributed by atoms with Gasteiger partial charge in [0.25, 0.3) is 0 Å². The van der Waals surface area contributed by atoms with Crippen molar-refractivity contribution < 1.29 is 14.0 Å². The Morgan fingerprint density at radius 1 is 1.27 bits per heavy atom. The average Bonchev–Trinajstić information content (AvgIpc) is 3.35. The molecular formula is C22H28FN5O2. The van der Waals surface area contributed by atoms with Crippen molar-refractivity contribution in [2.75, 3.05) is 36.4 Å². The van der Waals surface area contributed by atoms with Crippen LogP contribution in [0, 0.1) is 18.7 Å². The van der Waals surface area contributed by atoms with Gasteiger partial charge in [-0.2, -0.15) is 5.10 Å². The maximum atomic E-state index is 14.3. The topological polar surface area (TPSA) is 70.5 Å². The van der Waals surface area contributed by atoms with E-state index in [1.54, 1.807) is 31.3 Å². The van der Waals surface area contributed by atoms with E-state index in [0.717, 1.165) is 38.0 Å². The van der Waals surface area contributed by atoms with Gasteiger partial charge < -0.3 is 15.1 Å². The fraction of sp³-hybridized carbons (Fsp3) is 0.500. The second kappa shape index (κ2) is 8.55. The van der Waals surface area contributed by atoms with Crippen molar-refractivity contribution in [2.45, 2.75) is 39.2 Å². The molecule has 8 heteroatoms. The number of anilines is 2. The van der Waals surface area contributed by atoms with Gasteiger partial charge in [-0.1, -0.05) is 13.0 Å². The zero-order valence-electron chi connectivity index (χ0n) is 17.5. The molecule has 2 aliphatic heterocycles. The Morgan fingerprint density at radius 2 is 2.03 bits per heavy atom. The van der Waals surface area contributed by atoms with Crippen LogP contribution in [0.5, 0.6) is 0 Å². The number of amides is 2. The quantitative estimate of drug-likeness (QED) is 0.818. The number of carbonyl (C=O) groups is 2. The Hall–Kier alpha value is -2.74. The Labute approximate surface area is 175 Å². The summed E-state index contributed by atoms with van der Waals surface area (Å²) in [5.74, 6) is -0.781. The summed E-state index contributed by atoms with van der Waals surface area (Å²) < 4.78 is 16.2. The summed E-state index contributed by atoms with van der Waals surface area (Å²) in [5.41, 5.74) is 1.02. The molecule has 4 rings (SSSR count). The van der Waals surface area contributed by atoms with Gasteiger partial charge in [0.05, 0.1) is 23.8 Å². The lowest BCUT2D eigenvalue weighted by Crippen LogP contribution is -2.35. The lowest BCUT2D eigenvalue weighted by atomic mass is 10.1. The summed E-state index contributed by atoms with van der Waals surface area (Å²) >= 11 is 0. The summed E-state index contributed by atoms with van der Waals surface area (Å²) in [4.78, 5) is 29.1. The Morgan fingerprint density at radius 3 is 2.73 bits per heavy atom. The largest absolute Gasteiger partial charge is 0.311 e. The lowest BCUT2D eigenvalue weighted by Gasteiger charge is -2.31. The van der Waals surface area contributed by atoms with Gasteiger partial charge in [-0.15, -0.1) is 0 Å². The van der Waals surface area contributed by atoms with Gasteiger partial charge in [-0.3, -0.25) is 9.59 Å². The molecule has 3 heterocycles. The van der Waals surface area contributed by atoms with Crippen molar-refractivity contribution >= 4 is 23.3 Å². The minimum atomic E-state index is -0.525. The van der Waals surface area contributed by atoms with Gasteiger partial charge >= 0.3 is 0 Å². The highest BCUT2D eigenvalue weighted by Crippen LogP contribution is 2.30. The zero-order chi connectivity index (χ0) is 21.3. The van der Waals surface area contributed by atoms with E-state index in [-0.39, 0.29) is 36.5 Å². The number of likely N-dealkylation sites (tertiary alicyclic amines) is 1. The first-order valence-corrected chi connectivity index (χ1v) is 10.6. The molecule has 30 heavy (non-hydrogen) atoms. The van der Waals surface area contributed by atoms with E-state index in [2.05, 4.69) is 22.2 Å². The molecule has 0 spiro atoms. The number of hydrogen-bond donors (Lipinski definition) is 1. The molecule has 1 N–H and O–H groups in total. The standard InChI is InChI=1S/C22H28FN5O2/c1-3-26-10-7-17(8-11-26)28-20(6-9-24-28)25-22(30)16-13-21(29)27(14-16)19-5-4-15(2)12-18(19)23/h4-6,9,12,16-17H,3,7-8,10-11,13-14H2,1-2H3,(H,25,30). The maximum absolute atomic E-state index is 14.3. The smallest absolute Gasteiger partial charge is 0.230 e. The number of nitrogens with zero attached hydrogens (tertiary/aromatic N) is 4. The highest BCUT2D eigenvalue weighted by atomic mass is 19.1. The predicted octanol–water partition coefficient (Wildman–Crippen LogP) is 2.98. The second-order valence-corrected chi connectivity index (χ2v) is 8.18. The van der Waals surface area contributed by atoms with Crippen LogP contribution in [0.2, 0.25) is 0 Å². The summed E-state index contributed by atoms with van der Waals surface area (Å²) in [5, 5.41) is 7.37. The molecule has 2 aliphatic rings. The molecule has 0 aliphatic carbocycles. The molecule has 2 aromatic rings. The molecular weight excluding hydrogens is 385 g/mol. The number of benzene rings is 1. The van der Waals surface area contributed by atoms with Crippen LogP contribution in [0.4, 0.5) is 15.9 Å². The van der Waals surface area contributed by atoms with Gasteiger partial charge in [-0.25, -0.2) is 9.07 Å². The first-order chi connectivity index (χ1) is 14.5. The molecule has 0 bridgehead atoms. The molecule has 1 atom stereocenters. The monoisotopic (exact) mass is 413 g/mol. The molecule has 1 aromatic heterocycles. The van der Waals surface area contributed by atoms with E-state index < -0.39 is 11.7 Å². The van der Waals surface area contributed by atoms with E-state index in [1.807, 2.05) is 4.68 Å². The van der Waals surface area contributed by atoms with Gasteiger partial charge in [0.2, 0.25) is 11.8 Å². The molecule has 0 radical (unpaired) electrons. The van der Waals surface area contributed by atoms with Gasteiger partial charge in [0.15, 0.2) is 0 Å². The molecule has 2 amide bonds. The van der Waals surface area contributed by atoms with Crippen LogP contribution in [-0.4, -0.2) is 52.7 Å². The van der Waals surface area contributed by atoms with Crippen LogP contribution in [0.25, 0.3) is 0 Å². The number of rotatable bonds is 5. The predicted molar refractivity (Wildman–Crippen MR) is 113 cm³/mol. The molecule has 7 nitrogen and oxygen atoms in total. The van der Waals surface area contributed by atoms with Gasteiger partial charge in [0.1, 0.15) is 11.6 Å². The van der Waals surface area contributed by atoms with Crippen LogP contribution in [0.3, 0.4) is 0 Å². The summed E-state index contributed by atoms with van der Waals surface area (Å²) in [7, 11) is 0. The fourth-order valence-corrected chi connectivity index (χ4v) is 4.36. The zero-order valence-corrected chi connectivity index (χ0v) is 17.5. The van der Waals surface area contributed by atoms with Crippen molar-refractivity contribution in [1.82, 2.24) is 14.7 Å². The van der Waals surface area contributed by atoms with Crippen molar-refractivity contribution in [3.63, 3.8) is 0 Å². The Kier molecular flexibility index (Phi) is 5.85. The van der Waals surface area contributed by atoms with Crippen LogP contribution >= 0.6 is 0 Å². The first-order valence-electron chi connectivity index (χ1n) is 10.6. The van der Waals surface area contributed by atoms with Crippen LogP contribution in [0.1, 0.15) is 37.8 Å². The van der Waals surface area contributed by atoms with Crippen LogP contribution < -0.4 is 10.2 Å². The Bertz CT molecular complexity index is 935. The highest BCUT2D eigenvalue weighted by molar-refractivity contribution is 6.03. The van der Waals surface area contributed by atoms with Gasteiger partial charge in [-0.05, 0) is 44.0 Å². The van der Waals surface area contributed by atoms with Crippen molar-refractivity contribution in [3.05, 3.63) is 41.8 Å². The van der Waals surface area contributed by atoms with Crippen LogP contribution in [0.15, 0.2) is 30.5 Å². The number of hydrogen-bond acceptors (Lipinski definition) is 4. The molecule has 2 saturated heterocycles. The fourth-order valence-electron chi connectivity index (χ4n) is 4.36. The summed E-state index contributed by atoms with van der Waals surface area (Å²) in [6, 6.07) is 6.81. The minimum absolute atomic E-state index is 0.0716. The van der Waals surface area contributed by atoms with E-state index in [9.17, 15) is 14.0 Å². The third kappa shape index (κ3) is 4.09. The molecule has 1 aromatic carbocycles. The SMILES string of the molecule is CCN1CCC(n2nccc2NC(=O)C2CC(=O)N(c3ccc(C)cc3F)C2)CC1. The van der Waals surface area contributed by atoms with Crippen LogP contribution in [-0.2, 0) is 9.59 Å². The number of aryl methyl sites for hydroxylation is 1. The lowest BCUT2D eigenvalue weighted by molar-refractivity contribution is -0.122. The van der Waals surface area contributed by atoms with E-state index in [1.165, 1.54) is 11.0 Å². The van der Waals surface area contributed by atoms with E-state index in [0.29, 0.717) is 5.82 Å².